The van der Waals surface area contributed by atoms with E-state index in [0.29, 0.717) is 0 Å². The van der Waals surface area contributed by atoms with E-state index in [0.717, 1.165) is 12.2 Å². The zero-order chi connectivity index (χ0) is 6.41. The van der Waals surface area contributed by atoms with Gasteiger partial charge in [0.15, 0.2) is 0 Å². The summed E-state index contributed by atoms with van der Waals surface area (Å²) in [4.78, 5) is 9.85. The molecule has 0 rings (SSSR count). The van der Waals surface area contributed by atoms with Crippen LogP contribution in [0, 0.1) is 0 Å². The van der Waals surface area contributed by atoms with Crippen LogP contribution in [0.25, 0.3) is 0 Å². The summed E-state index contributed by atoms with van der Waals surface area (Å²) in [6, 6.07) is 0. The molecule has 0 radical (unpaired) electrons. The van der Waals surface area contributed by atoms with Crippen molar-refractivity contribution in [2.45, 2.75) is 13.3 Å². The Hall–Kier alpha value is 0.820. The van der Waals surface area contributed by atoms with Gasteiger partial charge in [-0.25, -0.2) is 0 Å². The first-order chi connectivity index (χ1) is 3.77. The molecule has 0 aromatic heterocycles. The average Bonchev–Trinajstić information content (AvgIpc) is 1.66. The van der Waals surface area contributed by atoms with Crippen molar-refractivity contribution < 1.29 is 9.90 Å². The van der Waals surface area contributed by atoms with Crippen LogP contribution in [-0.2, 0) is 4.79 Å². The van der Waals surface area contributed by atoms with Crippen LogP contribution in [-0.4, -0.2) is 52.1 Å². The Balaban J connectivity index is 0. The number of hydrogen-bond donors (Lipinski definition) is 1. The third-order valence-electron chi connectivity index (χ3n) is 0.574. The van der Waals surface area contributed by atoms with Gasteiger partial charge in [-0.1, -0.05) is 6.92 Å². The van der Waals surface area contributed by atoms with Crippen LogP contribution < -0.4 is 0 Å². The first-order valence-corrected chi connectivity index (χ1v) is 3.72. The van der Waals surface area contributed by atoms with Gasteiger partial charge in [-0.15, -0.1) is 0 Å². The topological polar surface area (TPSA) is 37.3 Å². The molecule has 0 aliphatic carbocycles. The zero-order valence-corrected chi connectivity index (χ0v) is 5.70. The van der Waals surface area contributed by atoms with Crippen LogP contribution in [0.15, 0.2) is 0 Å². The molecule has 4 heteroatoms. The predicted molar refractivity (Wildman–Crippen MR) is 42.4 cm³/mol. The van der Waals surface area contributed by atoms with Crippen LogP contribution >= 0.6 is 11.8 Å². The molecule has 0 aliphatic rings. The van der Waals surface area contributed by atoms with Crippen LogP contribution in [0.4, 0.5) is 0 Å². The number of thioether (sulfide) groups is 1. The number of carboxylic acid groups (broad SMARTS) is 1. The Morgan fingerprint density at radius 1 is 1.67 bits per heavy atom. The minimum absolute atomic E-state index is 0. The Morgan fingerprint density at radius 2 is 2.22 bits per heavy atom. The van der Waals surface area contributed by atoms with Gasteiger partial charge in [0.05, 0.1) is 5.75 Å². The number of aliphatic carboxylic acids is 1. The second kappa shape index (κ2) is 8.82. The number of rotatable bonds is 4. The van der Waals surface area contributed by atoms with Gasteiger partial charge in [-0.3, -0.25) is 4.79 Å². The van der Waals surface area contributed by atoms with Crippen molar-refractivity contribution in [1.29, 1.82) is 0 Å². The molecule has 0 saturated heterocycles. The Kier molecular flexibility index (Phi) is 12.2. The second-order valence-electron chi connectivity index (χ2n) is 1.45. The third-order valence-corrected chi connectivity index (χ3v) is 1.72. The molecule has 0 aromatic carbocycles. The molecule has 50 valence electrons. The van der Waals surface area contributed by atoms with Gasteiger partial charge >= 0.3 is 35.5 Å². The van der Waals surface area contributed by atoms with Crippen LogP contribution in [0.3, 0.4) is 0 Å². The summed E-state index contributed by atoms with van der Waals surface area (Å²) < 4.78 is 0. The maximum atomic E-state index is 9.85. The monoisotopic (exact) mass is 158 g/mol. The van der Waals surface area contributed by atoms with E-state index in [4.69, 9.17) is 5.11 Å². The van der Waals surface area contributed by atoms with E-state index in [1.807, 2.05) is 6.92 Å². The van der Waals surface area contributed by atoms with Crippen molar-refractivity contribution in [3.05, 3.63) is 0 Å². The molecule has 0 aliphatic heterocycles. The molecule has 0 amide bonds. The van der Waals surface area contributed by atoms with Gasteiger partial charge in [0.2, 0.25) is 0 Å². The second-order valence-corrected chi connectivity index (χ2v) is 2.55. The van der Waals surface area contributed by atoms with Crippen molar-refractivity contribution in [2.75, 3.05) is 11.5 Å². The Bertz CT molecular complexity index is 77.4. The molecule has 1 N–H and O–H groups in total. The number of carbonyl (C=O) groups is 1. The van der Waals surface area contributed by atoms with Crippen molar-refractivity contribution in [1.82, 2.24) is 0 Å². The van der Waals surface area contributed by atoms with Gasteiger partial charge in [-0.2, -0.15) is 11.8 Å². The van der Waals surface area contributed by atoms with E-state index >= 15 is 0 Å². The van der Waals surface area contributed by atoms with E-state index in [1.165, 1.54) is 11.8 Å². The average molecular weight is 158 g/mol. The molecule has 0 fully saturated rings. The van der Waals surface area contributed by atoms with E-state index in [9.17, 15) is 4.79 Å². The molecular formula is C5H11NaO2S. The van der Waals surface area contributed by atoms with Crippen LogP contribution in [0.2, 0.25) is 0 Å². The van der Waals surface area contributed by atoms with E-state index < -0.39 is 5.97 Å². The van der Waals surface area contributed by atoms with E-state index in [1.54, 1.807) is 0 Å². The Labute approximate surface area is 81.7 Å². The summed E-state index contributed by atoms with van der Waals surface area (Å²) in [5, 5.41) is 8.12. The summed E-state index contributed by atoms with van der Waals surface area (Å²) in [6.07, 6.45) is 1.05. The molecule has 0 unspecified atom stereocenters. The summed E-state index contributed by atoms with van der Waals surface area (Å²) >= 11 is 1.46. The fourth-order valence-corrected chi connectivity index (χ4v) is 0.911. The van der Waals surface area contributed by atoms with Crippen molar-refractivity contribution in [2.24, 2.45) is 0 Å². The van der Waals surface area contributed by atoms with Gasteiger partial charge in [-0.05, 0) is 12.2 Å². The molecule has 0 aromatic rings. The first-order valence-electron chi connectivity index (χ1n) is 2.57. The third kappa shape index (κ3) is 12.1. The van der Waals surface area contributed by atoms with E-state index in [2.05, 4.69) is 0 Å². The van der Waals surface area contributed by atoms with Crippen molar-refractivity contribution in [3.63, 3.8) is 0 Å². The first kappa shape index (κ1) is 12.5. The fraction of sp³-hybridized carbons (Fsp3) is 0.800. The normalized spacial score (nSPS) is 8.11. The predicted octanol–water partition coefficient (Wildman–Crippen LogP) is 0.566. The van der Waals surface area contributed by atoms with E-state index in [-0.39, 0.29) is 35.3 Å². The summed E-state index contributed by atoms with van der Waals surface area (Å²) in [5.41, 5.74) is 0. The standard InChI is InChI=1S/C5H10O2S.Na.H/c1-2-3-8-4-5(6)7;;/h2-4H2,1H3,(H,6,7);;. The summed E-state index contributed by atoms with van der Waals surface area (Å²) in [7, 11) is 0. The quantitative estimate of drug-likeness (QED) is 0.480. The molecular weight excluding hydrogens is 147 g/mol. The summed E-state index contributed by atoms with van der Waals surface area (Å²) in [5.74, 6) is 0.476. The van der Waals surface area contributed by atoms with Crippen LogP contribution in [0.5, 0.6) is 0 Å². The molecule has 2 nitrogen and oxygen atoms in total. The van der Waals surface area contributed by atoms with Crippen molar-refractivity contribution in [3.8, 4) is 0 Å². The number of hydrogen-bond acceptors (Lipinski definition) is 2. The van der Waals surface area contributed by atoms with Crippen molar-refractivity contribution >= 4 is 47.3 Å². The molecule has 0 saturated carbocycles. The number of carboxylic acids is 1. The van der Waals surface area contributed by atoms with Gasteiger partial charge in [0.25, 0.3) is 0 Å². The van der Waals surface area contributed by atoms with Gasteiger partial charge in [0, 0.05) is 0 Å². The molecule has 0 spiro atoms. The fourth-order valence-electron chi connectivity index (χ4n) is 0.304. The molecule has 0 heterocycles. The van der Waals surface area contributed by atoms with Gasteiger partial charge < -0.3 is 5.11 Å². The van der Waals surface area contributed by atoms with Gasteiger partial charge in [0.1, 0.15) is 0 Å². The molecule has 9 heavy (non-hydrogen) atoms. The Morgan fingerprint density at radius 3 is 2.56 bits per heavy atom. The molecule has 0 bridgehead atoms. The summed E-state index contributed by atoms with van der Waals surface area (Å²) in [6.45, 7) is 2.04. The van der Waals surface area contributed by atoms with Crippen LogP contribution in [0.1, 0.15) is 13.3 Å². The maximum absolute atomic E-state index is 9.85. The molecule has 0 atom stereocenters. The zero-order valence-electron chi connectivity index (χ0n) is 4.89. The SMILES string of the molecule is CCCSCC(=O)O.[NaH]. The minimum atomic E-state index is -0.719.